The highest BCUT2D eigenvalue weighted by molar-refractivity contribution is 5.79. The Hall–Kier alpha value is -1.32. The molecular weight excluding hydrogens is 160 g/mol. The lowest BCUT2D eigenvalue weighted by atomic mass is 10.1. The fourth-order valence-electron chi connectivity index (χ4n) is 0.694. The Morgan fingerprint density at radius 1 is 1.42 bits per heavy atom. The molecule has 12 heavy (non-hydrogen) atoms. The number of carboxylic acid groups (broad SMARTS) is 2. The molecule has 0 rings (SSSR count). The molecule has 0 aromatic rings. The molecule has 1 atom stereocenters. The van der Waals surface area contributed by atoms with Gasteiger partial charge in [0.05, 0.1) is 0 Å². The topological polar surface area (TPSA) is 74.6 Å². The number of allylic oxidation sites excluding steroid dienone is 1. The number of hydrogen-bond donors (Lipinski definition) is 2. The normalized spacial score (nSPS) is 13.1. The van der Waals surface area contributed by atoms with Gasteiger partial charge in [-0.2, -0.15) is 0 Å². The van der Waals surface area contributed by atoms with Crippen LogP contribution in [0.25, 0.3) is 0 Å². The number of aliphatic carboxylic acids is 2. The summed E-state index contributed by atoms with van der Waals surface area (Å²) in [6.45, 7) is 1.78. The van der Waals surface area contributed by atoms with Gasteiger partial charge < -0.3 is 10.2 Å². The van der Waals surface area contributed by atoms with Gasteiger partial charge in [-0.3, -0.25) is 4.79 Å². The van der Waals surface area contributed by atoms with Gasteiger partial charge in [-0.15, -0.1) is 0 Å². The quantitative estimate of drug-likeness (QED) is 0.609. The van der Waals surface area contributed by atoms with Crippen LogP contribution in [-0.2, 0) is 9.59 Å². The summed E-state index contributed by atoms with van der Waals surface area (Å²) >= 11 is 0. The predicted molar refractivity (Wildman–Crippen MR) is 42.8 cm³/mol. The van der Waals surface area contributed by atoms with Gasteiger partial charge >= 0.3 is 11.9 Å². The van der Waals surface area contributed by atoms with Crippen molar-refractivity contribution in [3.63, 3.8) is 0 Å². The van der Waals surface area contributed by atoms with Crippen LogP contribution >= 0.6 is 0 Å². The minimum Gasteiger partial charge on any atom is -0.481 e. The average molecular weight is 172 g/mol. The first-order valence-corrected chi connectivity index (χ1v) is 3.65. The van der Waals surface area contributed by atoms with Gasteiger partial charge in [-0.25, -0.2) is 4.79 Å². The van der Waals surface area contributed by atoms with Gasteiger partial charge in [0.25, 0.3) is 0 Å². The Balaban J connectivity index is 3.66. The molecule has 4 nitrogen and oxygen atoms in total. The molecule has 0 fully saturated rings. The van der Waals surface area contributed by atoms with E-state index in [-0.39, 0.29) is 12.3 Å². The van der Waals surface area contributed by atoms with E-state index in [1.807, 2.05) is 0 Å². The zero-order valence-electron chi connectivity index (χ0n) is 6.86. The number of rotatable bonds is 5. The molecule has 0 spiro atoms. The van der Waals surface area contributed by atoms with Crippen molar-refractivity contribution >= 4 is 11.9 Å². The zero-order chi connectivity index (χ0) is 9.56. The van der Waals surface area contributed by atoms with Gasteiger partial charge in [0.2, 0.25) is 0 Å². The van der Waals surface area contributed by atoms with Crippen LogP contribution in [0.1, 0.15) is 19.8 Å². The van der Waals surface area contributed by atoms with Gasteiger partial charge in [-0.05, 0) is 12.3 Å². The van der Waals surface area contributed by atoms with Crippen molar-refractivity contribution in [1.29, 1.82) is 0 Å². The van der Waals surface area contributed by atoms with E-state index in [0.29, 0.717) is 6.42 Å². The van der Waals surface area contributed by atoms with E-state index in [1.165, 1.54) is 6.08 Å². The first-order chi connectivity index (χ1) is 5.52. The monoisotopic (exact) mass is 172 g/mol. The summed E-state index contributed by atoms with van der Waals surface area (Å²) in [5.74, 6) is -1.86. The Bertz CT molecular complexity index is 195. The van der Waals surface area contributed by atoms with Crippen LogP contribution in [-0.4, -0.2) is 22.2 Å². The summed E-state index contributed by atoms with van der Waals surface area (Å²) in [5, 5.41) is 16.5. The van der Waals surface area contributed by atoms with Gasteiger partial charge in [0.1, 0.15) is 0 Å². The molecule has 0 radical (unpaired) electrons. The highest BCUT2D eigenvalue weighted by atomic mass is 16.4. The number of carbonyl (C=O) groups is 2. The second-order valence-electron chi connectivity index (χ2n) is 2.61. The van der Waals surface area contributed by atoms with Crippen LogP contribution in [0.15, 0.2) is 12.2 Å². The molecule has 0 aliphatic carbocycles. The molecule has 68 valence electrons. The summed E-state index contributed by atoms with van der Waals surface area (Å²) < 4.78 is 0. The van der Waals surface area contributed by atoms with Crippen molar-refractivity contribution in [2.24, 2.45) is 5.92 Å². The second-order valence-corrected chi connectivity index (χ2v) is 2.61. The molecule has 0 aliphatic heterocycles. The average Bonchev–Trinajstić information content (AvgIpc) is 1.96. The smallest absolute Gasteiger partial charge is 0.327 e. The van der Waals surface area contributed by atoms with Gasteiger partial charge in [0.15, 0.2) is 0 Å². The maximum Gasteiger partial charge on any atom is 0.327 e. The second kappa shape index (κ2) is 5.35. The standard InChI is InChI=1S/C8H12O4/c1-6(2-4-7(9)10)3-5-8(11)12/h2,4,6H,3,5H2,1H3,(H,9,10)(H,11,12). The Morgan fingerprint density at radius 2 is 2.00 bits per heavy atom. The molecule has 0 saturated carbocycles. The van der Waals surface area contributed by atoms with E-state index in [4.69, 9.17) is 10.2 Å². The minimum absolute atomic E-state index is 0.00259. The molecule has 4 heteroatoms. The molecule has 0 aromatic carbocycles. The van der Waals surface area contributed by atoms with E-state index in [9.17, 15) is 9.59 Å². The molecule has 0 heterocycles. The van der Waals surface area contributed by atoms with Crippen LogP contribution in [0.3, 0.4) is 0 Å². The maximum atomic E-state index is 10.1. The van der Waals surface area contributed by atoms with E-state index < -0.39 is 11.9 Å². The van der Waals surface area contributed by atoms with Crippen LogP contribution in [0, 0.1) is 5.92 Å². The van der Waals surface area contributed by atoms with E-state index in [2.05, 4.69) is 0 Å². The number of carboxylic acids is 2. The first-order valence-electron chi connectivity index (χ1n) is 3.65. The third kappa shape index (κ3) is 6.80. The van der Waals surface area contributed by atoms with E-state index in [0.717, 1.165) is 6.08 Å². The zero-order valence-corrected chi connectivity index (χ0v) is 6.86. The SMILES string of the molecule is CC(C=CC(=O)O)CCC(=O)O. The highest BCUT2D eigenvalue weighted by Crippen LogP contribution is 2.06. The van der Waals surface area contributed by atoms with Crippen molar-refractivity contribution in [2.75, 3.05) is 0 Å². The van der Waals surface area contributed by atoms with Crippen molar-refractivity contribution in [3.8, 4) is 0 Å². The van der Waals surface area contributed by atoms with Crippen molar-refractivity contribution in [3.05, 3.63) is 12.2 Å². The third-order valence-corrected chi connectivity index (χ3v) is 1.38. The van der Waals surface area contributed by atoms with Gasteiger partial charge in [-0.1, -0.05) is 13.0 Å². The summed E-state index contributed by atoms with van der Waals surface area (Å²) in [6.07, 6.45) is 3.07. The van der Waals surface area contributed by atoms with Crippen molar-refractivity contribution in [2.45, 2.75) is 19.8 Å². The molecule has 0 aromatic heterocycles. The van der Waals surface area contributed by atoms with E-state index >= 15 is 0 Å². The number of hydrogen-bond acceptors (Lipinski definition) is 2. The third-order valence-electron chi connectivity index (χ3n) is 1.38. The van der Waals surface area contributed by atoms with Gasteiger partial charge in [0, 0.05) is 12.5 Å². The molecule has 0 aliphatic rings. The molecule has 2 N–H and O–H groups in total. The molecular formula is C8H12O4. The van der Waals surface area contributed by atoms with Crippen molar-refractivity contribution in [1.82, 2.24) is 0 Å². The minimum atomic E-state index is -1.00. The van der Waals surface area contributed by atoms with Crippen molar-refractivity contribution < 1.29 is 19.8 Å². The largest absolute Gasteiger partial charge is 0.481 e. The summed E-state index contributed by atoms with van der Waals surface area (Å²) in [5.41, 5.74) is 0. The molecule has 1 unspecified atom stereocenters. The predicted octanol–water partition coefficient (Wildman–Crippen LogP) is 1.13. The lowest BCUT2D eigenvalue weighted by molar-refractivity contribution is -0.137. The Morgan fingerprint density at radius 3 is 2.42 bits per heavy atom. The van der Waals surface area contributed by atoms with E-state index in [1.54, 1.807) is 6.92 Å². The van der Waals surface area contributed by atoms with Crippen LogP contribution in [0.2, 0.25) is 0 Å². The lowest BCUT2D eigenvalue weighted by Gasteiger charge is -2.01. The van der Waals surface area contributed by atoms with Crippen LogP contribution < -0.4 is 0 Å². The highest BCUT2D eigenvalue weighted by Gasteiger charge is 2.01. The molecule has 0 amide bonds. The molecule has 0 bridgehead atoms. The summed E-state index contributed by atoms with van der Waals surface area (Å²) in [6, 6.07) is 0. The maximum absolute atomic E-state index is 10.1. The fraction of sp³-hybridized carbons (Fsp3) is 0.500. The molecule has 0 saturated heterocycles. The Kier molecular flexibility index (Phi) is 4.76. The fourth-order valence-corrected chi connectivity index (χ4v) is 0.694. The first kappa shape index (κ1) is 10.7. The van der Waals surface area contributed by atoms with Crippen LogP contribution in [0.4, 0.5) is 0 Å². The Labute approximate surface area is 70.5 Å². The summed E-state index contributed by atoms with van der Waals surface area (Å²) in [7, 11) is 0. The van der Waals surface area contributed by atoms with Crippen LogP contribution in [0.5, 0.6) is 0 Å². The lowest BCUT2D eigenvalue weighted by Crippen LogP contribution is -1.99. The summed E-state index contributed by atoms with van der Waals surface area (Å²) in [4.78, 5) is 20.1.